The van der Waals surface area contributed by atoms with Crippen LogP contribution < -0.4 is 0 Å². The highest BCUT2D eigenvalue weighted by Gasteiger charge is 2.12. The summed E-state index contributed by atoms with van der Waals surface area (Å²) in [6.45, 7) is 2.10. The molecule has 3 aromatic rings. The van der Waals surface area contributed by atoms with Gasteiger partial charge in [0.15, 0.2) is 0 Å². The Labute approximate surface area is 110 Å². The van der Waals surface area contributed by atoms with Gasteiger partial charge in [-0.05, 0) is 36.8 Å². The first-order chi connectivity index (χ1) is 8.75. The minimum absolute atomic E-state index is 0.134. The number of hydrogen-bond donors (Lipinski definition) is 0. The van der Waals surface area contributed by atoms with Crippen molar-refractivity contribution in [3.05, 3.63) is 59.1 Å². The topological polar surface area (TPSA) is 30.7 Å². The van der Waals surface area contributed by atoms with E-state index in [-0.39, 0.29) is 6.04 Å². The first kappa shape index (κ1) is 11.2. The minimum Gasteiger partial charge on any atom is -0.237 e. The first-order valence-corrected chi connectivity index (χ1v) is 6.19. The van der Waals surface area contributed by atoms with E-state index < -0.39 is 0 Å². The molecule has 0 bridgehead atoms. The van der Waals surface area contributed by atoms with Gasteiger partial charge in [-0.15, -0.1) is 5.10 Å². The Kier molecular flexibility index (Phi) is 2.76. The molecule has 0 amide bonds. The summed E-state index contributed by atoms with van der Waals surface area (Å²) < 4.78 is 1.93. The van der Waals surface area contributed by atoms with E-state index in [1.165, 1.54) is 0 Å². The maximum Gasteiger partial charge on any atom is 0.113 e. The van der Waals surface area contributed by atoms with Gasteiger partial charge in [0.05, 0.1) is 11.6 Å². The molecule has 90 valence electrons. The van der Waals surface area contributed by atoms with Crippen molar-refractivity contribution in [1.29, 1.82) is 0 Å². The van der Waals surface area contributed by atoms with Crippen LogP contribution in [0, 0.1) is 0 Å². The molecule has 0 aliphatic carbocycles. The van der Waals surface area contributed by atoms with Crippen molar-refractivity contribution >= 4 is 22.6 Å². The van der Waals surface area contributed by atoms with E-state index in [1.54, 1.807) is 0 Å². The molecule has 0 aliphatic heterocycles. The molecule has 1 unspecified atom stereocenters. The van der Waals surface area contributed by atoms with Gasteiger partial charge in [0.25, 0.3) is 0 Å². The molecule has 4 heteroatoms. The van der Waals surface area contributed by atoms with Crippen LogP contribution in [0.2, 0.25) is 5.02 Å². The summed E-state index contributed by atoms with van der Waals surface area (Å²) >= 11 is 5.90. The molecule has 1 heterocycles. The summed E-state index contributed by atoms with van der Waals surface area (Å²) in [5.74, 6) is 0. The molecule has 0 saturated carbocycles. The standard InChI is InChI=1S/C14H12ClN3/c1-10(11-6-8-12(15)9-7-11)18-14-5-3-2-4-13(14)16-17-18/h2-10H,1H3. The van der Waals surface area contributed by atoms with Gasteiger partial charge in [-0.3, -0.25) is 0 Å². The van der Waals surface area contributed by atoms with Gasteiger partial charge in [0.2, 0.25) is 0 Å². The molecule has 0 N–H and O–H groups in total. The van der Waals surface area contributed by atoms with Crippen molar-refractivity contribution in [2.24, 2.45) is 0 Å². The van der Waals surface area contributed by atoms with Crippen LogP contribution in [0.5, 0.6) is 0 Å². The minimum atomic E-state index is 0.134. The van der Waals surface area contributed by atoms with Gasteiger partial charge in [-0.1, -0.05) is 41.1 Å². The van der Waals surface area contributed by atoms with E-state index in [0.29, 0.717) is 0 Å². The number of rotatable bonds is 2. The second-order valence-corrected chi connectivity index (χ2v) is 4.69. The van der Waals surface area contributed by atoms with Gasteiger partial charge in [-0.2, -0.15) is 0 Å². The van der Waals surface area contributed by atoms with Crippen LogP contribution in [0.4, 0.5) is 0 Å². The van der Waals surface area contributed by atoms with Crippen LogP contribution in [-0.2, 0) is 0 Å². The molecule has 0 spiro atoms. The lowest BCUT2D eigenvalue weighted by Gasteiger charge is -2.12. The third-order valence-electron chi connectivity index (χ3n) is 3.10. The largest absolute Gasteiger partial charge is 0.237 e. The Bertz CT molecular complexity index is 673. The summed E-state index contributed by atoms with van der Waals surface area (Å²) in [4.78, 5) is 0. The zero-order valence-electron chi connectivity index (χ0n) is 9.92. The average molecular weight is 258 g/mol. The number of fused-ring (bicyclic) bond motifs is 1. The van der Waals surface area contributed by atoms with Crippen LogP contribution >= 0.6 is 11.6 Å². The number of benzene rings is 2. The maximum atomic E-state index is 5.90. The van der Waals surface area contributed by atoms with Crippen molar-refractivity contribution in [2.45, 2.75) is 13.0 Å². The molecule has 1 atom stereocenters. The zero-order chi connectivity index (χ0) is 12.5. The lowest BCUT2D eigenvalue weighted by Crippen LogP contribution is -2.08. The van der Waals surface area contributed by atoms with E-state index in [9.17, 15) is 0 Å². The van der Waals surface area contributed by atoms with Crippen LogP contribution in [0.1, 0.15) is 18.5 Å². The number of aromatic nitrogens is 3. The Morgan fingerprint density at radius 2 is 1.78 bits per heavy atom. The van der Waals surface area contributed by atoms with Crippen LogP contribution in [-0.4, -0.2) is 15.0 Å². The van der Waals surface area contributed by atoms with Gasteiger partial charge in [-0.25, -0.2) is 4.68 Å². The molecule has 1 aromatic heterocycles. The summed E-state index contributed by atoms with van der Waals surface area (Å²) in [7, 11) is 0. The van der Waals surface area contributed by atoms with Crippen molar-refractivity contribution in [3.63, 3.8) is 0 Å². The summed E-state index contributed by atoms with van der Waals surface area (Å²) in [6.07, 6.45) is 0. The SMILES string of the molecule is CC(c1ccc(Cl)cc1)n1nnc2ccccc21. The predicted molar refractivity (Wildman–Crippen MR) is 72.8 cm³/mol. The maximum absolute atomic E-state index is 5.90. The highest BCUT2D eigenvalue weighted by Crippen LogP contribution is 2.22. The van der Waals surface area contributed by atoms with E-state index in [2.05, 4.69) is 17.2 Å². The molecule has 3 rings (SSSR count). The molecular formula is C14H12ClN3. The van der Waals surface area contributed by atoms with Gasteiger partial charge in [0.1, 0.15) is 5.52 Å². The fraction of sp³-hybridized carbons (Fsp3) is 0.143. The van der Waals surface area contributed by atoms with E-state index >= 15 is 0 Å². The van der Waals surface area contributed by atoms with Crippen molar-refractivity contribution in [1.82, 2.24) is 15.0 Å². The monoisotopic (exact) mass is 257 g/mol. The van der Waals surface area contributed by atoms with Crippen molar-refractivity contribution in [3.8, 4) is 0 Å². The van der Waals surface area contributed by atoms with Crippen LogP contribution in [0.25, 0.3) is 11.0 Å². The second kappa shape index (κ2) is 4.42. The molecular weight excluding hydrogens is 246 g/mol. The quantitative estimate of drug-likeness (QED) is 0.701. The Morgan fingerprint density at radius 3 is 2.56 bits per heavy atom. The molecule has 0 saturated heterocycles. The zero-order valence-corrected chi connectivity index (χ0v) is 10.7. The fourth-order valence-corrected chi connectivity index (χ4v) is 2.18. The molecule has 18 heavy (non-hydrogen) atoms. The van der Waals surface area contributed by atoms with Crippen LogP contribution in [0.15, 0.2) is 48.5 Å². The van der Waals surface area contributed by atoms with Crippen molar-refractivity contribution < 1.29 is 0 Å². The molecule has 2 aromatic carbocycles. The highest BCUT2D eigenvalue weighted by atomic mass is 35.5. The Morgan fingerprint density at radius 1 is 1.06 bits per heavy atom. The van der Waals surface area contributed by atoms with Gasteiger partial charge >= 0.3 is 0 Å². The molecule has 0 fully saturated rings. The normalized spacial score (nSPS) is 12.8. The third-order valence-corrected chi connectivity index (χ3v) is 3.35. The summed E-state index contributed by atoms with van der Waals surface area (Å²) in [5, 5.41) is 9.14. The third kappa shape index (κ3) is 1.87. The average Bonchev–Trinajstić information content (AvgIpc) is 2.82. The number of nitrogens with zero attached hydrogens (tertiary/aromatic N) is 3. The number of hydrogen-bond acceptors (Lipinski definition) is 2. The number of para-hydroxylation sites is 1. The number of halogens is 1. The lowest BCUT2D eigenvalue weighted by molar-refractivity contribution is 0.560. The highest BCUT2D eigenvalue weighted by molar-refractivity contribution is 6.30. The van der Waals surface area contributed by atoms with Crippen LogP contribution in [0.3, 0.4) is 0 Å². The smallest absolute Gasteiger partial charge is 0.113 e. The van der Waals surface area contributed by atoms with E-state index in [1.807, 2.05) is 53.2 Å². The molecule has 0 aliphatic rings. The van der Waals surface area contributed by atoms with Crippen molar-refractivity contribution in [2.75, 3.05) is 0 Å². The lowest BCUT2D eigenvalue weighted by atomic mass is 10.1. The predicted octanol–water partition coefficient (Wildman–Crippen LogP) is 3.69. The summed E-state index contributed by atoms with van der Waals surface area (Å²) in [5.41, 5.74) is 3.12. The van der Waals surface area contributed by atoms with E-state index in [0.717, 1.165) is 21.6 Å². The first-order valence-electron chi connectivity index (χ1n) is 5.81. The fourth-order valence-electron chi connectivity index (χ4n) is 2.06. The Hall–Kier alpha value is -1.87. The van der Waals surface area contributed by atoms with Gasteiger partial charge in [0, 0.05) is 5.02 Å². The molecule has 3 nitrogen and oxygen atoms in total. The second-order valence-electron chi connectivity index (χ2n) is 4.25. The molecule has 0 radical (unpaired) electrons. The summed E-state index contributed by atoms with van der Waals surface area (Å²) in [6, 6.07) is 15.9. The Balaban J connectivity index is 2.06. The van der Waals surface area contributed by atoms with Gasteiger partial charge < -0.3 is 0 Å². The van der Waals surface area contributed by atoms with E-state index in [4.69, 9.17) is 11.6 Å².